The Hall–Kier alpha value is -2.37. The maximum Gasteiger partial charge on any atom is 0.244 e. The molecule has 0 saturated carbocycles. The predicted molar refractivity (Wildman–Crippen MR) is 98.0 cm³/mol. The zero-order valence-electron chi connectivity index (χ0n) is 13.0. The fourth-order valence-electron chi connectivity index (χ4n) is 2.34. The van der Waals surface area contributed by atoms with Crippen molar-refractivity contribution in [2.75, 3.05) is 0 Å². The third-order valence-corrected chi connectivity index (χ3v) is 4.64. The molecule has 1 N–H and O–H groups in total. The highest BCUT2D eigenvalue weighted by molar-refractivity contribution is 7.10. The first-order chi connectivity index (χ1) is 11.6. The second-order valence-electron chi connectivity index (χ2n) is 5.24. The molecular weight excluding hydrogens is 342 g/mol. The van der Waals surface area contributed by atoms with Gasteiger partial charge < -0.3 is 9.88 Å². The van der Waals surface area contributed by atoms with Crippen LogP contribution in [0.15, 0.2) is 60.2 Å². The van der Waals surface area contributed by atoms with E-state index in [9.17, 15) is 4.79 Å². The van der Waals surface area contributed by atoms with Gasteiger partial charge in [-0.3, -0.25) is 4.79 Å². The Kier molecular flexibility index (Phi) is 5.13. The van der Waals surface area contributed by atoms with E-state index in [0.717, 1.165) is 16.3 Å². The molecular formula is C18H16ClN3OS. The molecule has 0 aliphatic heterocycles. The number of rotatable bonds is 5. The molecule has 0 bridgehead atoms. The molecule has 0 radical (unpaired) electrons. The van der Waals surface area contributed by atoms with Crippen LogP contribution in [-0.4, -0.2) is 15.5 Å². The lowest BCUT2D eigenvalue weighted by Gasteiger charge is -2.18. The molecule has 1 aromatic carbocycles. The van der Waals surface area contributed by atoms with Crippen LogP contribution in [0.4, 0.5) is 0 Å². The van der Waals surface area contributed by atoms with Crippen molar-refractivity contribution in [1.82, 2.24) is 14.9 Å². The number of thiophene rings is 1. The summed E-state index contributed by atoms with van der Waals surface area (Å²) in [5, 5.41) is 5.64. The molecule has 2 aromatic heterocycles. The van der Waals surface area contributed by atoms with Gasteiger partial charge in [0.1, 0.15) is 11.9 Å². The maximum absolute atomic E-state index is 12.3. The highest BCUT2D eigenvalue weighted by Crippen LogP contribution is 2.22. The summed E-state index contributed by atoms with van der Waals surface area (Å²) in [6, 6.07) is 11.0. The minimum atomic E-state index is -0.345. The number of carbonyl (C=O) groups is 1. The van der Waals surface area contributed by atoms with Crippen LogP contribution in [-0.2, 0) is 11.8 Å². The Balaban J connectivity index is 1.84. The molecule has 1 amide bonds. The van der Waals surface area contributed by atoms with Gasteiger partial charge in [-0.2, -0.15) is 0 Å². The van der Waals surface area contributed by atoms with Crippen LogP contribution in [0.5, 0.6) is 0 Å². The number of imidazole rings is 1. The van der Waals surface area contributed by atoms with E-state index in [1.54, 1.807) is 35.7 Å². The van der Waals surface area contributed by atoms with Crippen molar-refractivity contribution >= 4 is 34.9 Å². The summed E-state index contributed by atoms with van der Waals surface area (Å²) in [5.41, 5.74) is 0.923. The fourth-order valence-corrected chi connectivity index (χ4v) is 3.09. The number of carbonyl (C=O) groups excluding carboxylic acids is 1. The van der Waals surface area contributed by atoms with Crippen LogP contribution in [0, 0.1) is 0 Å². The number of aryl methyl sites for hydroxylation is 1. The molecule has 2 heterocycles. The monoisotopic (exact) mass is 357 g/mol. The van der Waals surface area contributed by atoms with Gasteiger partial charge in [0.25, 0.3) is 0 Å². The lowest BCUT2D eigenvalue weighted by Crippen LogP contribution is -2.29. The van der Waals surface area contributed by atoms with Crippen molar-refractivity contribution in [3.63, 3.8) is 0 Å². The molecule has 0 aliphatic rings. The normalized spacial score (nSPS) is 12.4. The number of amides is 1. The summed E-state index contributed by atoms with van der Waals surface area (Å²) in [5.74, 6) is 0.585. The second kappa shape index (κ2) is 7.47. The van der Waals surface area contributed by atoms with E-state index in [0.29, 0.717) is 5.02 Å². The molecule has 4 nitrogen and oxygen atoms in total. The Morgan fingerprint density at radius 2 is 2.12 bits per heavy atom. The first-order valence-electron chi connectivity index (χ1n) is 7.38. The number of aromatic nitrogens is 2. The number of nitrogens with zero attached hydrogens (tertiary/aromatic N) is 2. The van der Waals surface area contributed by atoms with Gasteiger partial charge in [-0.15, -0.1) is 11.3 Å². The lowest BCUT2D eigenvalue weighted by molar-refractivity contribution is -0.117. The topological polar surface area (TPSA) is 46.9 Å². The fraction of sp³-hybridized carbons (Fsp3) is 0.111. The first kappa shape index (κ1) is 16.5. The first-order valence-corrected chi connectivity index (χ1v) is 8.64. The number of hydrogen-bond acceptors (Lipinski definition) is 3. The molecule has 3 aromatic rings. The minimum Gasteiger partial charge on any atom is -0.339 e. The molecule has 6 heteroatoms. The summed E-state index contributed by atoms with van der Waals surface area (Å²) in [6.07, 6.45) is 6.91. The van der Waals surface area contributed by atoms with E-state index in [-0.39, 0.29) is 11.9 Å². The van der Waals surface area contributed by atoms with Gasteiger partial charge in [-0.1, -0.05) is 29.8 Å². The summed E-state index contributed by atoms with van der Waals surface area (Å²) in [6.45, 7) is 0. The van der Waals surface area contributed by atoms with Crippen molar-refractivity contribution in [3.8, 4) is 0 Å². The Morgan fingerprint density at radius 1 is 1.33 bits per heavy atom. The molecule has 0 saturated heterocycles. The van der Waals surface area contributed by atoms with Crippen molar-refractivity contribution in [3.05, 3.63) is 81.5 Å². The van der Waals surface area contributed by atoms with E-state index in [4.69, 9.17) is 11.6 Å². The Labute approximate surface area is 149 Å². The number of hydrogen-bond donors (Lipinski definition) is 1. The van der Waals surface area contributed by atoms with Crippen LogP contribution in [0.25, 0.3) is 6.08 Å². The van der Waals surface area contributed by atoms with Crippen molar-refractivity contribution < 1.29 is 4.79 Å². The standard InChI is InChI=1S/C18H16ClN3OS/c1-22-11-10-20-18(22)17(13-4-6-14(19)7-5-13)21-16(23)9-8-15-3-2-12-24-15/h2-12,17H,1H3,(H,21,23)/b9-8+/t17-/m0/s1. The minimum absolute atomic E-state index is 0.175. The van der Waals surface area contributed by atoms with Gasteiger partial charge in [0.05, 0.1) is 0 Å². The predicted octanol–water partition coefficient (Wildman–Crippen LogP) is 4.05. The summed E-state index contributed by atoms with van der Waals surface area (Å²) in [4.78, 5) is 17.7. The van der Waals surface area contributed by atoms with E-state index in [1.165, 1.54) is 6.08 Å². The lowest BCUT2D eigenvalue weighted by atomic mass is 10.1. The van der Waals surface area contributed by atoms with Gasteiger partial charge in [-0.05, 0) is 35.2 Å². The summed E-state index contributed by atoms with van der Waals surface area (Å²) in [7, 11) is 1.90. The van der Waals surface area contributed by atoms with Gasteiger partial charge in [0.15, 0.2) is 0 Å². The van der Waals surface area contributed by atoms with Crippen molar-refractivity contribution in [1.29, 1.82) is 0 Å². The third-order valence-electron chi connectivity index (χ3n) is 3.55. The van der Waals surface area contributed by atoms with E-state index < -0.39 is 0 Å². The van der Waals surface area contributed by atoms with Crippen molar-refractivity contribution in [2.45, 2.75) is 6.04 Å². The summed E-state index contributed by atoms with van der Waals surface area (Å²) < 4.78 is 1.89. The SMILES string of the molecule is Cn1ccnc1[C@@H](NC(=O)/C=C/c1cccs1)c1ccc(Cl)cc1. The number of benzene rings is 1. The van der Waals surface area contributed by atoms with Crippen LogP contribution in [0.2, 0.25) is 5.02 Å². The molecule has 0 fully saturated rings. The third kappa shape index (κ3) is 3.93. The van der Waals surface area contributed by atoms with Gasteiger partial charge >= 0.3 is 0 Å². The highest BCUT2D eigenvalue weighted by atomic mass is 35.5. The zero-order chi connectivity index (χ0) is 16.9. The largest absolute Gasteiger partial charge is 0.339 e. The average Bonchev–Trinajstić information content (AvgIpc) is 3.23. The molecule has 0 unspecified atom stereocenters. The molecule has 1 atom stereocenters. The molecule has 3 rings (SSSR count). The van der Waals surface area contributed by atoms with Crippen LogP contribution in [0.1, 0.15) is 22.3 Å². The molecule has 0 spiro atoms. The zero-order valence-corrected chi connectivity index (χ0v) is 14.6. The average molecular weight is 358 g/mol. The number of nitrogens with one attached hydrogen (secondary N) is 1. The smallest absolute Gasteiger partial charge is 0.244 e. The van der Waals surface area contributed by atoms with E-state index in [2.05, 4.69) is 10.3 Å². The van der Waals surface area contributed by atoms with Crippen LogP contribution in [0.3, 0.4) is 0 Å². The van der Waals surface area contributed by atoms with E-state index >= 15 is 0 Å². The quantitative estimate of drug-likeness (QED) is 0.700. The maximum atomic E-state index is 12.3. The van der Waals surface area contributed by atoms with E-state index in [1.807, 2.05) is 47.5 Å². The van der Waals surface area contributed by atoms with Gasteiger partial charge in [0, 0.05) is 35.4 Å². The summed E-state index contributed by atoms with van der Waals surface area (Å²) >= 11 is 7.55. The highest BCUT2D eigenvalue weighted by Gasteiger charge is 2.19. The Morgan fingerprint density at radius 3 is 2.75 bits per heavy atom. The molecule has 0 aliphatic carbocycles. The van der Waals surface area contributed by atoms with Crippen molar-refractivity contribution in [2.24, 2.45) is 7.05 Å². The second-order valence-corrected chi connectivity index (χ2v) is 6.65. The van der Waals surface area contributed by atoms with Crippen LogP contribution >= 0.6 is 22.9 Å². The Bertz CT molecular complexity index is 838. The number of halogens is 1. The molecule has 122 valence electrons. The molecule has 24 heavy (non-hydrogen) atoms. The van der Waals surface area contributed by atoms with Crippen LogP contribution < -0.4 is 5.32 Å². The van der Waals surface area contributed by atoms with Gasteiger partial charge in [0.2, 0.25) is 5.91 Å². The van der Waals surface area contributed by atoms with Gasteiger partial charge in [-0.25, -0.2) is 4.98 Å².